The van der Waals surface area contributed by atoms with Crippen molar-refractivity contribution >= 4 is 5.82 Å². The number of methoxy groups -OCH3 is 1. The molecule has 0 saturated carbocycles. The SMILES string of the molecule is COc1ccc(-c2nnn(Cc3ccccc3)c2N)cc1. The number of nitrogen functional groups attached to an aromatic ring is 1. The lowest BCUT2D eigenvalue weighted by molar-refractivity contribution is 0.415. The number of hydrogen-bond acceptors (Lipinski definition) is 4. The molecular formula is C16H16N4O. The quantitative estimate of drug-likeness (QED) is 0.797. The van der Waals surface area contributed by atoms with Gasteiger partial charge in [0.25, 0.3) is 0 Å². The van der Waals surface area contributed by atoms with Crippen LogP contribution in [0, 0.1) is 0 Å². The molecule has 0 radical (unpaired) electrons. The Morgan fingerprint density at radius 2 is 1.76 bits per heavy atom. The third kappa shape index (κ3) is 2.72. The Hall–Kier alpha value is -2.82. The lowest BCUT2D eigenvalue weighted by Gasteiger charge is -2.04. The number of nitrogens with two attached hydrogens (primary N) is 1. The number of rotatable bonds is 4. The highest BCUT2D eigenvalue weighted by molar-refractivity contribution is 5.70. The molecule has 2 aromatic carbocycles. The average molecular weight is 280 g/mol. The van der Waals surface area contributed by atoms with E-state index in [1.807, 2.05) is 54.6 Å². The maximum atomic E-state index is 6.16. The van der Waals surface area contributed by atoms with Gasteiger partial charge < -0.3 is 10.5 Å². The zero-order valence-electron chi connectivity index (χ0n) is 11.7. The molecule has 0 saturated heterocycles. The normalized spacial score (nSPS) is 10.5. The van der Waals surface area contributed by atoms with E-state index in [0.717, 1.165) is 16.9 Å². The molecule has 0 spiro atoms. The molecule has 0 aliphatic heterocycles. The van der Waals surface area contributed by atoms with Gasteiger partial charge in [-0.3, -0.25) is 0 Å². The Morgan fingerprint density at radius 1 is 1.05 bits per heavy atom. The van der Waals surface area contributed by atoms with Crippen LogP contribution in [0.25, 0.3) is 11.3 Å². The van der Waals surface area contributed by atoms with Gasteiger partial charge in [0.15, 0.2) is 5.82 Å². The standard InChI is InChI=1S/C16H16N4O/c1-21-14-9-7-13(8-10-14)15-16(17)20(19-18-15)11-12-5-3-2-4-6-12/h2-10H,11,17H2,1H3. The van der Waals surface area contributed by atoms with Crippen molar-refractivity contribution in [1.82, 2.24) is 15.0 Å². The molecule has 3 rings (SSSR count). The number of nitrogens with zero attached hydrogens (tertiary/aromatic N) is 3. The molecule has 0 unspecified atom stereocenters. The van der Waals surface area contributed by atoms with Gasteiger partial charge in [-0.05, 0) is 29.8 Å². The second-order valence-electron chi connectivity index (χ2n) is 4.70. The van der Waals surface area contributed by atoms with Crippen LogP contribution in [0.4, 0.5) is 5.82 Å². The van der Waals surface area contributed by atoms with Gasteiger partial charge in [-0.2, -0.15) is 0 Å². The van der Waals surface area contributed by atoms with Crippen molar-refractivity contribution in [2.45, 2.75) is 6.54 Å². The van der Waals surface area contributed by atoms with Crippen molar-refractivity contribution in [3.05, 3.63) is 60.2 Å². The highest BCUT2D eigenvalue weighted by Gasteiger charge is 2.12. The number of ether oxygens (including phenoxy) is 1. The van der Waals surface area contributed by atoms with E-state index in [2.05, 4.69) is 10.3 Å². The molecule has 106 valence electrons. The molecule has 0 aliphatic carbocycles. The summed E-state index contributed by atoms with van der Waals surface area (Å²) in [6, 6.07) is 17.6. The Kier molecular flexibility index (Phi) is 3.55. The van der Waals surface area contributed by atoms with Gasteiger partial charge in [0.05, 0.1) is 13.7 Å². The maximum absolute atomic E-state index is 6.16. The van der Waals surface area contributed by atoms with Crippen LogP contribution in [-0.2, 0) is 6.54 Å². The van der Waals surface area contributed by atoms with E-state index < -0.39 is 0 Å². The van der Waals surface area contributed by atoms with Gasteiger partial charge in [0.2, 0.25) is 0 Å². The summed E-state index contributed by atoms with van der Waals surface area (Å²) in [5, 5.41) is 8.33. The van der Waals surface area contributed by atoms with Crippen molar-refractivity contribution < 1.29 is 4.74 Å². The summed E-state index contributed by atoms with van der Waals surface area (Å²) in [6.45, 7) is 0.607. The molecule has 0 aliphatic rings. The molecule has 0 amide bonds. The first-order chi connectivity index (χ1) is 10.3. The third-order valence-corrected chi connectivity index (χ3v) is 3.31. The largest absolute Gasteiger partial charge is 0.497 e. The summed E-state index contributed by atoms with van der Waals surface area (Å²) >= 11 is 0. The fourth-order valence-corrected chi connectivity index (χ4v) is 2.15. The summed E-state index contributed by atoms with van der Waals surface area (Å²) in [7, 11) is 1.64. The molecule has 3 aromatic rings. The smallest absolute Gasteiger partial charge is 0.150 e. The topological polar surface area (TPSA) is 66.0 Å². The van der Waals surface area contributed by atoms with Crippen LogP contribution in [0.1, 0.15) is 5.56 Å². The van der Waals surface area contributed by atoms with E-state index in [1.54, 1.807) is 11.8 Å². The zero-order chi connectivity index (χ0) is 14.7. The van der Waals surface area contributed by atoms with E-state index in [9.17, 15) is 0 Å². The minimum Gasteiger partial charge on any atom is -0.497 e. The molecule has 5 heteroatoms. The van der Waals surface area contributed by atoms with E-state index in [4.69, 9.17) is 10.5 Å². The summed E-state index contributed by atoms with van der Waals surface area (Å²) in [6.07, 6.45) is 0. The van der Waals surface area contributed by atoms with Gasteiger partial charge in [0, 0.05) is 5.56 Å². The van der Waals surface area contributed by atoms with E-state index >= 15 is 0 Å². The van der Waals surface area contributed by atoms with Crippen molar-refractivity contribution in [3.8, 4) is 17.0 Å². The van der Waals surface area contributed by atoms with E-state index in [-0.39, 0.29) is 0 Å². The van der Waals surface area contributed by atoms with Crippen LogP contribution >= 0.6 is 0 Å². The van der Waals surface area contributed by atoms with Crippen LogP contribution < -0.4 is 10.5 Å². The molecule has 0 fully saturated rings. The van der Waals surface area contributed by atoms with Gasteiger partial charge in [-0.25, -0.2) is 4.68 Å². The highest BCUT2D eigenvalue weighted by atomic mass is 16.5. The molecular weight excluding hydrogens is 264 g/mol. The highest BCUT2D eigenvalue weighted by Crippen LogP contribution is 2.25. The first-order valence-corrected chi connectivity index (χ1v) is 6.65. The number of anilines is 1. The monoisotopic (exact) mass is 280 g/mol. The zero-order valence-corrected chi connectivity index (χ0v) is 11.7. The minimum atomic E-state index is 0.559. The summed E-state index contributed by atoms with van der Waals surface area (Å²) in [4.78, 5) is 0. The molecule has 1 aromatic heterocycles. The molecule has 0 bridgehead atoms. The second-order valence-corrected chi connectivity index (χ2v) is 4.70. The van der Waals surface area contributed by atoms with Crippen LogP contribution in [0.5, 0.6) is 5.75 Å². The first-order valence-electron chi connectivity index (χ1n) is 6.65. The van der Waals surface area contributed by atoms with Crippen LogP contribution in [0.15, 0.2) is 54.6 Å². The molecule has 21 heavy (non-hydrogen) atoms. The van der Waals surface area contributed by atoms with Crippen molar-refractivity contribution in [1.29, 1.82) is 0 Å². The average Bonchev–Trinajstić information content (AvgIpc) is 2.89. The van der Waals surface area contributed by atoms with Gasteiger partial charge in [0.1, 0.15) is 11.4 Å². The fourth-order valence-electron chi connectivity index (χ4n) is 2.15. The van der Waals surface area contributed by atoms with Crippen molar-refractivity contribution in [2.24, 2.45) is 0 Å². The number of benzene rings is 2. The fraction of sp³-hybridized carbons (Fsp3) is 0.125. The van der Waals surface area contributed by atoms with Gasteiger partial charge in [-0.1, -0.05) is 35.5 Å². The second kappa shape index (κ2) is 5.66. The van der Waals surface area contributed by atoms with Gasteiger partial charge >= 0.3 is 0 Å². The molecule has 5 nitrogen and oxygen atoms in total. The van der Waals surface area contributed by atoms with E-state index in [0.29, 0.717) is 18.1 Å². The van der Waals surface area contributed by atoms with Gasteiger partial charge in [-0.15, -0.1) is 5.10 Å². The Bertz CT molecular complexity index is 720. The summed E-state index contributed by atoms with van der Waals surface area (Å²) in [5.74, 6) is 1.36. The van der Waals surface area contributed by atoms with Crippen LogP contribution in [0.3, 0.4) is 0 Å². The third-order valence-electron chi connectivity index (χ3n) is 3.31. The summed E-state index contributed by atoms with van der Waals surface area (Å²) in [5.41, 5.74) is 8.91. The Morgan fingerprint density at radius 3 is 2.43 bits per heavy atom. The van der Waals surface area contributed by atoms with Crippen molar-refractivity contribution in [3.63, 3.8) is 0 Å². The van der Waals surface area contributed by atoms with Crippen LogP contribution in [-0.4, -0.2) is 22.1 Å². The lowest BCUT2D eigenvalue weighted by Crippen LogP contribution is -2.06. The van der Waals surface area contributed by atoms with Crippen molar-refractivity contribution in [2.75, 3.05) is 12.8 Å². The predicted molar refractivity (Wildman–Crippen MR) is 82.0 cm³/mol. The Labute approximate surface area is 123 Å². The summed E-state index contributed by atoms with van der Waals surface area (Å²) < 4.78 is 6.85. The minimum absolute atomic E-state index is 0.559. The molecule has 1 heterocycles. The Balaban J connectivity index is 1.88. The lowest BCUT2D eigenvalue weighted by atomic mass is 10.1. The molecule has 2 N–H and O–H groups in total. The van der Waals surface area contributed by atoms with Crippen LogP contribution in [0.2, 0.25) is 0 Å². The van der Waals surface area contributed by atoms with E-state index in [1.165, 1.54) is 0 Å². The molecule has 0 atom stereocenters. The predicted octanol–water partition coefficient (Wildman–Crippen LogP) is 2.58. The first kappa shape index (κ1) is 13.2. The number of hydrogen-bond donors (Lipinski definition) is 1. The number of aromatic nitrogens is 3. The maximum Gasteiger partial charge on any atom is 0.150 e.